The van der Waals surface area contributed by atoms with Crippen LogP contribution in [0.4, 0.5) is 0 Å². The third-order valence-corrected chi connectivity index (χ3v) is 4.12. The number of rotatable bonds is 7. The Morgan fingerprint density at radius 2 is 2.00 bits per heavy atom. The molecule has 1 aliphatic heterocycles. The Morgan fingerprint density at radius 3 is 2.78 bits per heavy atom. The minimum Gasteiger partial charge on any atom is -0.380 e. The lowest BCUT2D eigenvalue weighted by Gasteiger charge is -2.23. The van der Waals surface area contributed by atoms with Gasteiger partial charge in [-0.15, -0.1) is 0 Å². The fourth-order valence-electron chi connectivity index (χ4n) is 3.01. The lowest BCUT2D eigenvalue weighted by atomic mass is 10.1. The Balaban J connectivity index is 1.48. The monoisotopic (exact) mass is 256 g/mol. The van der Waals surface area contributed by atoms with E-state index in [1.165, 1.54) is 32.1 Å². The Hall–Kier alpha value is -0.160. The summed E-state index contributed by atoms with van der Waals surface area (Å²) in [6, 6.07) is 0.564. The zero-order valence-electron chi connectivity index (χ0n) is 11.6. The third kappa shape index (κ3) is 4.50. The van der Waals surface area contributed by atoms with Crippen molar-refractivity contribution in [2.24, 2.45) is 0 Å². The summed E-state index contributed by atoms with van der Waals surface area (Å²) in [4.78, 5) is 0. The lowest BCUT2D eigenvalue weighted by molar-refractivity contribution is 0.0303. The second kappa shape index (κ2) is 8.10. The molecule has 4 heteroatoms. The van der Waals surface area contributed by atoms with Crippen LogP contribution in [-0.4, -0.2) is 51.6 Å². The van der Waals surface area contributed by atoms with Gasteiger partial charge in [0.25, 0.3) is 0 Å². The zero-order chi connectivity index (χ0) is 12.6. The Kier molecular flexibility index (Phi) is 6.41. The van der Waals surface area contributed by atoms with Crippen LogP contribution in [-0.2, 0) is 9.47 Å². The fraction of sp³-hybridized carbons (Fsp3) is 1.00. The van der Waals surface area contributed by atoms with E-state index in [-0.39, 0.29) is 0 Å². The summed E-state index contributed by atoms with van der Waals surface area (Å²) in [5, 5.41) is 6.96. The molecule has 18 heavy (non-hydrogen) atoms. The van der Waals surface area contributed by atoms with E-state index in [1.54, 1.807) is 0 Å². The number of piperidine rings is 1. The van der Waals surface area contributed by atoms with E-state index in [0.29, 0.717) is 18.2 Å². The van der Waals surface area contributed by atoms with Crippen molar-refractivity contribution >= 4 is 0 Å². The van der Waals surface area contributed by atoms with E-state index in [0.717, 1.165) is 32.7 Å². The van der Waals surface area contributed by atoms with Gasteiger partial charge in [0, 0.05) is 19.8 Å². The summed E-state index contributed by atoms with van der Waals surface area (Å²) >= 11 is 0. The first-order valence-electron chi connectivity index (χ1n) is 7.48. The molecule has 2 aliphatic rings. The van der Waals surface area contributed by atoms with Crippen LogP contribution in [0.3, 0.4) is 0 Å². The minimum absolute atomic E-state index is 0.426. The van der Waals surface area contributed by atoms with Gasteiger partial charge < -0.3 is 20.1 Å². The SMILES string of the molecule is COC1CCCC1NCCCOC1CCNCC1. The quantitative estimate of drug-likeness (QED) is 0.674. The molecule has 0 amide bonds. The zero-order valence-corrected chi connectivity index (χ0v) is 11.6. The summed E-state index contributed by atoms with van der Waals surface area (Å²) in [7, 11) is 1.82. The third-order valence-electron chi connectivity index (χ3n) is 4.12. The van der Waals surface area contributed by atoms with E-state index in [9.17, 15) is 0 Å². The van der Waals surface area contributed by atoms with Gasteiger partial charge in [0.2, 0.25) is 0 Å². The summed E-state index contributed by atoms with van der Waals surface area (Å²) in [6.07, 6.45) is 8.12. The minimum atomic E-state index is 0.426. The first-order valence-corrected chi connectivity index (χ1v) is 7.48. The van der Waals surface area contributed by atoms with Crippen LogP contribution in [0.15, 0.2) is 0 Å². The largest absolute Gasteiger partial charge is 0.380 e. The highest BCUT2D eigenvalue weighted by Gasteiger charge is 2.26. The molecule has 1 saturated heterocycles. The van der Waals surface area contributed by atoms with Gasteiger partial charge in [0.05, 0.1) is 12.2 Å². The highest BCUT2D eigenvalue weighted by atomic mass is 16.5. The van der Waals surface area contributed by atoms with Crippen molar-refractivity contribution < 1.29 is 9.47 Å². The molecule has 1 heterocycles. The maximum atomic E-state index is 5.89. The predicted molar refractivity (Wildman–Crippen MR) is 72.9 cm³/mol. The molecule has 0 radical (unpaired) electrons. The van der Waals surface area contributed by atoms with E-state index in [4.69, 9.17) is 9.47 Å². The molecule has 0 aromatic heterocycles. The molecule has 106 valence electrons. The van der Waals surface area contributed by atoms with Crippen molar-refractivity contribution in [2.45, 2.75) is 56.8 Å². The number of hydrogen-bond donors (Lipinski definition) is 2. The molecular formula is C14H28N2O2. The van der Waals surface area contributed by atoms with Gasteiger partial charge in [0.1, 0.15) is 0 Å². The number of ether oxygens (including phenoxy) is 2. The van der Waals surface area contributed by atoms with Gasteiger partial charge in [-0.1, -0.05) is 0 Å². The van der Waals surface area contributed by atoms with Crippen LogP contribution in [0.2, 0.25) is 0 Å². The molecule has 2 N–H and O–H groups in total. The van der Waals surface area contributed by atoms with Crippen molar-refractivity contribution in [3.05, 3.63) is 0 Å². The first kappa shape index (κ1) is 14.3. The number of hydrogen-bond acceptors (Lipinski definition) is 4. The summed E-state index contributed by atoms with van der Waals surface area (Å²) in [5.74, 6) is 0. The normalized spacial score (nSPS) is 29.8. The van der Waals surface area contributed by atoms with Gasteiger partial charge in [-0.05, 0) is 58.2 Å². The Bertz CT molecular complexity index is 220. The van der Waals surface area contributed by atoms with Crippen LogP contribution in [0.5, 0.6) is 0 Å². The molecule has 0 bridgehead atoms. The van der Waals surface area contributed by atoms with Gasteiger partial charge in [0.15, 0.2) is 0 Å². The molecule has 1 aliphatic carbocycles. The average Bonchev–Trinajstić information content (AvgIpc) is 2.87. The molecule has 0 spiro atoms. The molecule has 0 aromatic carbocycles. The topological polar surface area (TPSA) is 42.5 Å². The fourth-order valence-corrected chi connectivity index (χ4v) is 3.01. The number of nitrogens with one attached hydrogen (secondary N) is 2. The van der Waals surface area contributed by atoms with Gasteiger partial charge in [-0.3, -0.25) is 0 Å². The molecule has 4 nitrogen and oxygen atoms in total. The summed E-state index contributed by atoms with van der Waals surface area (Å²) < 4.78 is 11.4. The number of methoxy groups -OCH3 is 1. The van der Waals surface area contributed by atoms with Crippen LogP contribution in [0, 0.1) is 0 Å². The van der Waals surface area contributed by atoms with Crippen molar-refractivity contribution in [1.82, 2.24) is 10.6 Å². The summed E-state index contributed by atoms with van der Waals surface area (Å²) in [5.41, 5.74) is 0. The van der Waals surface area contributed by atoms with E-state index < -0.39 is 0 Å². The van der Waals surface area contributed by atoms with E-state index in [2.05, 4.69) is 10.6 Å². The van der Waals surface area contributed by atoms with E-state index in [1.807, 2.05) is 7.11 Å². The highest BCUT2D eigenvalue weighted by molar-refractivity contribution is 4.83. The maximum Gasteiger partial charge on any atom is 0.0724 e. The van der Waals surface area contributed by atoms with Crippen molar-refractivity contribution in [3.8, 4) is 0 Å². The van der Waals surface area contributed by atoms with Gasteiger partial charge in [-0.2, -0.15) is 0 Å². The van der Waals surface area contributed by atoms with Crippen LogP contribution < -0.4 is 10.6 Å². The average molecular weight is 256 g/mol. The van der Waals surface area contributed by atoms with Gasteiger partial charge >= 0.3 is 0 Å². The molecular weight excluding hydrogens is 228 g/mol. The van der Waals surface area contributed by atoms with Crippen molar-refractivity contribution in [2.75, 3.05) is 33.4 Å². The molecule has 2 rings (SSSR count). The smallest absolute Gasteiger partial charge is 0.0724 e. The van der Waals surface area contributed by atoms with Gasteiger partial charge in [-0.25, -0.2) is 0 Å². The molecule has 1 saturated carbocycles. The predicted octanol–water partition coefficient (Wildman–Crippen LogP) is 1.30. The first-order chi connectivity index (χ1) is 8.90. The van der Waals surface area contributed by atoms with E-state index >= 15 is 0 Å². The standard InChI is InChI=1S/C14H28N2O2/c1-17-14-5-2-4-13(14)16-8-3-11-18-12-6-9-15-10-7-12/h12-16H,2-11H2,1H3. The second-order valence-corrected chi connectivity index (χ2v) is 5.44. The molecule has 2 fully saturated rings. The van der Waals surface area contributed by atoms with Crippen LogP contribution in [0.25, 0.3) is 0 Å². The molecule has 2 unspecified atom stereocenters. The second-order valence-electron chi connectivity index (χ2n) is 5.44. The highest BCUT2D eigenvalue weighted by Crippen LogP contribution is 2.21. The Morgan fingerprint density at radius 1 is 1.17 bits per heavy atom. The maximum absolute atomic E-state index is 5.89. The molecule has 0 aromatic rings. The lowest BCUT2D eigenvalue weighted by Crippen LogP contribution is -2.38. The van der Waals surface area contributed by atoms with Crippen molar-refractivity contribution in [3.63, 3.8) is 0 Å². The Labute approximate surface area is 111 Å². The van der Waals surface area contributed by atoms with Crippen molar-refractivity contribution in [1.29, 1.82) is 0 Å². The summed E-state index contributed by atoms with van der Waals surface area (Å²) in [6.45, 7) is 4.17. The van der Waals surface area contributed by atoms with Crippen LogP contribution >= 0.6 is 0 Å². The van der Waals surface area contributed by atoms with Crippen LogP contribution in [0.1, 0.15) is 38.5 Å². The molecule has 2 atom stereocenters.